The number of amides is 1. The molecule has 0 saturated heterocycles. The van der Waals surface area contributed by atoms with Gasteiger partial charge in [-0.15, -0.1) is 0 Å². The fraction of sp³-hybridized carbons (Fsp3) is 0.125. The Morgan fingerprint density at radius 3 is 2.39 bits per heavy atom. The molecular weight excluding hydrogens is 394 g/mol. The number of nitrogens with zero attached hydrogens (tertiary/aromatic N) is 2. The summed E-state index contributed by atoms with van der Waals surface area (Å²) in [5, 5.41) is 7.85. The zero-order chi connectivity index (χ0) is 21.6. The molecule has 0 aliphatic carbocycles. The number of hydrogen-bond donors (Lipinski definition) is 1. The standard InChI is InChI=1S/C24H21N3O4/c1-17(28)26-19-7-12-24-18(13-19)14-25-27(24)15-20(29)16-30-21-8-10-23(11-9-21)31-22-5-3-2-4-6-22/h2-14H,15-16H2,1H3,(H,26,28). The molecule has 0 aliphatic heterocycles. The third kappa shape index (κ3) is 5.27. The number of benzene rings is 3. The van der Waals surface area contributed by atoms with Gasteiger partial charge in [-0.1, -0.05) is 18.2 Å². The van der Waals surface area contributed by atoms with Gasteiger partial charge < -0.3 is 14.8 Å². The lowest BCUT2D eigenvalue weighted by atomic mass is 10.2. The van der Waals surface area contributed by atoms with Crippen molar-refractivity contribution in [2.24, 2.45) is 0 Å². The first-order chi connectivity index (χ1) is 15.1. The normalized spacial score (nSPS) is 10.6. The average molecular weight is 415 g/mol. The van der Waals surface area contributed by atoms with Crippen molar-refractivity contribution in [2.75, 3.05) is 11.9 Å². The molecule has 0 saturated carbocycles. The first-order valence-corrected chi connectivity index (χ1v) is 9.77. The van der Waals surface area contributed by atoms with Gasteiger partial charge in [0.05, 0.1) is 11.7 Å². The van der Waals surface area contributed by atoms with Crippen molar-refractivity contribution in [3.63, 3.8) is 0 Å². The van der Waals surface area contributed by atoms with E-state index in [-0.39, 0.29) is 24.8 Å². The number of carbonyl (C=O) groups excluding carboxylic acids is 2. The number of rotatable bonds is 8. The molecule has 7 heteroatoms. The van der Waals surface area contributed by atoms with Gasteiger partial charge in [0, 0.05) is 18.0 Å². The van der Waals surface area contributed by atoms with E-state index in [1.807, 2.05) is 42.5 Å². The zero-order valence-corrected chi connectivity index (χ0v) is 16.9. The molecule has 31 heavy (non-hydrogen) atoms. The highest BCUT2D eigenvalue weighted by molar-refractivity contribution is 5.92. The number of Topliss-reactive ketones (excluding diaryl/α,β-unsaturated/α-hetero) is 1. The van der Waals surface area contributed by atoms with E-state index in [0.29, 0.717) is 17.2 Å². The third-order valence-corrected chi connectivity index (χ3v) is 4.49. The van der Waals surface area contributed by atoms with E-state index in [2.05, 4.69) is 10.4 Å². The van der Waals surface area contributed by atoms with Crippen LogP contribution >= 0.6 is 0 Å². The predicted octanol–water partition coefficient (Wildman–Crippen LogP) is 4.44. The second-order valence-corrected chi connectivity index (χ2v) is 6.97. The van der Waals surface area contributed by atoms with Crippen molar-refractivity contribution in [3.05, 3.63) is 79.0 Å². The van der Waals surface area contributed by atoms with Gasteiger partial charge in [-0.05, 0) is 54.6 Å². The van der Waals surface area contributed by atoms with Crippen molar-refractivity contribution in [1.82, 2.24) is 9.78 Å². The molecular formula is C24H21N3O4. The number of ether oxygens (including phenoxy) is 2. The van der Waals surface area contributed by atoms with Crippen molar-refractivity contribution in [3.8, 4) is 17.2 Å². The summed E-state index contributed by atoms with van der Waals surface area (Å²) in [4.78, 5) is 23.6. The fourth-order valence-electron chi connectivity index (χ4n) is 3.10. The van der Waals surface area contributed by atoms with E-state index in [0.717, 1.165) is 16.7 Å². The van der Waals surface area contributed by atoms with Crippen molar-refractivity contribution in [1.29, 1.82) is 0 Å². The molecule has 1 N–H and O–H groups in total. The van der Waals surface area contributed by atoms with Crippen LogP contribution in [0.4, 0.5) is 5.69 Å². The van der Waals surface area contributed by atoms with Crippen LogP contribution in [0.15, 0.2) is 79.0 Å². The molecule has 4 rings (SSSR count). The zero-order valence-electron chi connectivity index (χ0n) is 16.9. The first-order valence-electron chi connectivity index (χ1n) is 9.77. The average Bonchev–Trinajstić information content (AvgIpc) is 3.15. The fourth-order valence-corrected chi connectivity index (χ4v) is 3.10. The van der Waals surface area contributed by atoms with E-state index in [9.17, 15) is 9.59 Å². The molecule has 1 heterocycles. The summed E-state index contributed by atoms with van der Waals surface area (Å²) in [6.07, 6.45) is 1.67. The highest BCUT2D eigenvalue weighted by Crippen LogP contribution is 2.23. The summed E-state index contributed by atoms with van der Waals surface area (Å²) in [5.41, 5.74) is 1.50. The summed E-state index contributed by atoms with van der Waals surface area (Å²) < 4.78 is 13.0. The minimum Gasteiger partial charge on any atom is -0.486 e. The maximum atomic E-state index is 12.4. The Kier molecular flexibility index (Phi) is 5.93. The largest absolute Gasteiger partial charge is 0.486 e. The Bertz CT molecular complexity index is 1200. The summed E-state index contributed by atoms with van der Waals surface area (Å²) in [7, 11) is 0. The Hall–Kier alpha value is -4.13. The molecule has 1 amide bonds. The van der Waals surface area contributed by atoms with E-state index in [4.69, 9.17) is 9.47 Å². The number of anilines is 1. The third-order valence-electron chi connectivity index (χ3n) is 4.49. The Morgan fingerprint density at radius 2 is 1.65 bits per heavy atom. The second kappa shape index (κ2) is 9.13. The van der Waals surface area contributed by atoms with Crippen LogP contribution in [0.5, 0.6) is 17.2 Å². The molecule has 7 nitrogen and oxygen atoms in total. The van der Waals surface area contributed by atoms with Crippen molar-refractivity contribution in [2.45, 2.75) is 13.5 Å². The molecule has 156 valence electrons. The highest BCUT2D eigenvalue weighted by atomic mass is 16.5. The summed E-state index contributed by atoms with van der Waals surface area (Å²) in [5.74, 6) is 1.77. The number of nitrogens with one attached hydrogen (secondary N) is 1. The van der Waals surface area contributed by atoms with Crippen molar-refractivity contribution >= 4 is 28.3 Å². The van der Waals surface area contributed by atoms with Crippen LogP contribution in [0.2, 0.25) is 0 Å². The molecule has 0 atom stereocenters. The Balaban J connectivity index is 1.32. The SMILES string of the molecule is CC(=O)Nc1ccc2c(cnn2CC(=O)COc2ccc(Oc3ccccc3)cc2)c1. The minimum atomic E-state index is -0.140. The van der Waals surface area contributed by atoms with Gasteiger partial charge in [-0.25, -0.2) is 0 Å². The summed E-state index contributed by atoms with van der Waals surface area (Å²) in [6.45, 7) is 1.48. The lowest BCUT2D eigenvalue weighted by molar-refractivity contribution is -0.121. The molecule has 0 unspecified atom stereocenters. The highest BCUT2D eigenvalue weighted by Gasteiger charge is 2.10. The van der Waals surface area contributed by atoms with E-state index >= 15 is 0 Å². The van der Waals surface area contributed by atoms with Gasteiger partial charge in [0.2, 0.25) is 5.91 Å². The summed E-state index contributed by atoms with van der Waals surface area (Å²) in [6, 6.07) is 22.0. The number of aromatic nitrogens is 2. The van der Waals surface area contributed by atoms with Crippen LogP contribution in [0.25, 0.3) is 10.9 Å². The molecule has 0 fully saturated rings. The number of hydrogen-bond acceptors (Lipinski definition) is 5. The smallest absolute Gasteiger partial charge is 0.221 e. The molecule has 4 aromatic rings. The van der Waals surface area contributed by atoms with Gasteiger partial charge in [0.1, 0.15) is 30.4 Å². The van der Waals surface area contributed by atoms with Gasteiger partial charge >= 0.3 is 0 Å². The van der Waals surface area contributed by atoms with Crippen LogP contribution in [0.1, 0.15) is 6.92 Å². The molecule has 0 bridgehead atoms. The first kappa shape index (κ1) is 20.2. The van der Waals surface area contributed by atoms with Gasteiger partial charge in [-0.3, -0.25) is 14.3 Å². The van der Waals surface area contributed by atoms with Gasteiger partial charge in [-0.2, -0.15) is 5.10 Å². The lowest BCUT2D eigenvalue weighted by Gasteiger charge is -2.09. The van der Waals surface area contributed by atoms with Crippen LogP contribution in [0.3, 0.4) is 0 Å². The van der Waals surface area contributed by atoms with Crippen LogP contribution in [0, 0.1) is 0 Å². The topological polar surface area (TPSA) is 82.5 Å². The van der Waals surface area contributed by atoms with E-state index < -0.39 is 0 Å². The van der Waals surface area contributed by atoms with Gasteiger partial charge in [0.25, 0.3) is 0 Å². The quantitative estimate of drug-likeness (QED) is 0.460. The number of fused-ring (bicyclic) bond motifs is 1. The van der Waals surface area contributed by atoms with Crippen LogP contribution in [-0.4, -0.2) is 28.1 Å². The van der Waals surface area contributed by atoms with E-state index in [1.165, 1.54) is 6.92 Å². The second-order valence-electron chi connectivity index (χ2n) is 6.97. The van der Waals surface area contributed by atoms with Gasteiger partial charge in [0.15, 0.2) is 5.78 Å². The maximum absolute atomic E-state index is 12.4. The van der Waals surface area contributed by atoms with Crippen LogP contribution in [-0.2, 0) is 16.1 Å². The Morgan fingerprint density at radius 1 is 0.935 bits per heavy atom. The molecule has 3 aromatic carbocycles. The molecule has 1 aromatic heterocycles. The Labute approximate surface area is 179 Å². The molecule has 0 spiro atoms. The molecule has 0 radical (unpaired) electrons. The monoisotopic (exact) mass is 415 g/mol. The maximum Gasteiger partial charge on any atom is 0.221 e. The predicted molar refractivity (Wildman–Crippen MR) is 117 cm³/mol. The number of carbonyl (C=O) groups is 2. The van der Waals surface area contributed by atoms with Crippen LogP contribution < -0.4 is 14.8 Å². The summed E-state index contributed by atoms with van der Waals surface area (Å²) >= 11 is 0. The van der Waals surface area contributed by atoms with E-state index in [1.54, 1.807) is 41.2 Å². The number of para-hydroxylation sites is 1. The lowest BCUT2D eigenvalue weighted by Crippen LogP contribution is -2.18. The minimum absolute atomic E-state index is 0.0653. The number of ketones is 1. The molecule has 0 aliphatic rings. The van der Waals surface area contributed by atoms with Crippen molar-refractivity contribution < 1.29 is 19.1 Å².